The summed E-state index contributed by atoms with van der Waals surface area (Å²) in [4.78, 5) is 2.08. The molecule has 0 bridgehead atoms. The average Bonchev–Trinajstić information content (AvgIpc) is 2.65. The average molecular weight is 392 g/mol. The molecule has 0 fully saturated rings. The predicted molar refractivity (Wildman–Crippen MR) is 103 cm³/mol. The van der Waals surface area contributed by atoms with Crippen molar-refractivity contribution in [2.24, 2.45) is 0 Å². The number of ether oxygens (including phenoxy) is 7. The van der Waals surface area contributed by atoms with Gasteiger partial charge >= 0.3 is 0 Å². The van der Waals surface area contributed by atoms with Crippen LogP contribution in [0.1, 0.15) is 0 Å². The van der Waals surface area contributed by atoms with Gasteiger partial charge in [-0.05, 0) is 14.1 Å². The van der Waals surface area contributed by atoms with Crippen molar-refractivity contribution >= 4 is 0 Å². The third kappa shape index (κ3) is 25.2. The van der Waals surface area contributed by atoms with Gasteiger partial charge in [-0.2, -0.15) is 0 Å². The Balaban J connectivity index is 2.98. The number of hydrogen-bond acceptors (Lipinski definition) is 8. The first-order valence-corrected chi connectivity index (χ1v) is 9.39. The monoisotopic (exact) mass is 391 g/mol. The lowest BCUT2D eigenvalue weighted by Gasteiger charge is -2.10. The SMILES string of the molecule is C#CCOCCOCCOCCOCCOCCOCCOCCN(C)C. The molecule has 0 aliphatic carbocycles. The number of hydrogen-bond donors (Lipinski definition) is 0. The lowest BCUT2D eigenvalue weighted by atomic mass is 10.6. The van der Waals surface area contributed by atoms with E-state index >= 15 is 0 Å². The molecular formula is C19H37NO7. The van der Waals surface area contributed by atoms with Gasteiger partial charge in [-0.1, -0.05) is 5.92 Å². The summed E-state index contributed by atoms with van der Waals surface area (Å²) in [6, 6.07) is 0. The molecule has 0 N–H and O–H groups in total. The van der Waals surface area contributed by atoms with E-state index in [0.29, 0.717) is 85.9 Å². The van der Waals surface area contributed by atoms with Gasteiger partial charge in [0.25, 0.3) is 0 Å². The molecule has 0 spiro atoms. The zero-order chi connectivity index (χ0) is 19.8. The Bertz CT molecular complexity index is 324. The third-order valence-electron chi connectivity index (χ3n) is 3.10. The Kier molecular flexibility index (Phi) is 22.6. The summed E-state index contributed by atoms with van der Waals surface area (Å²) in [6.45, 7) is 8.53. The molecule has 0 aliphatic rings. The Morgan fingerprint density at radius 1 is 0.519 bits per heavy atom. The fraction of sp³-hybridized carbons (Fsp3) is 0.895. The van der Waals surface area contributed by atoms with Crippen molar-refractivity contribution in [2.75, 3.05) is 113 Å². The van der Waals surface area contributed by atoms with Crippen LogP contribution in [0.3, 0.4) is 0 Å². The second kappa shape index (κ2) is 23.3. The standard InChI is InChI=1S/C19H37NO7/c1-4-6-21-8-10-23-12-14-25-16-18-27-19-17-26-15-13-24-11-9-22-7-5-20(2)3/h1H,5-19H2,2-3H3. The van der Waals surface area contributed by atoms with Crippen LogP contribution < -0.4 is 0 Å². The summed E-state index contributed by atoms with van der Waals surface area (Å²) in [5, 5.41) is 0. The fourth-order valence-electron chi connectivity index (χ4n) is 1.70. The molecule has 0 radical (unpaired) electrons. The molecule has 0 aromatic rings. The molecule has 160 valence electrons. The van der Waals surface area contributed by atoms with Crippen molar-refractivity contribution in [3.05, 3.63) is 0 Å². The van der Waals surface area contributed by atoms with E-state index in [2.05, 4.69) is 10.8 Å². The first-order chi connectivity index (χ1) is 13.3. The topological polar surface area (TPSA) is 67.9 Å². The molecule has 0 aliphatic heterocycles. The van der Waals surface area contributed by atoms with E-state index in [9.17, 15) is 0 Å². The molecule has 0 unspecified atom stereocenters. The zero-order valence-corrected chi connectivity index (χ0v) is 17.0. The summed E-state index contributed by atoms with van der Waals surface area (Å²) in [6.07, 6.45) is 5.05. The van der Waals surface area contributed by atoms with Crippen LogP contribution in [0.4, 0.5) is 0 Å². The summed E-state index contributed by atoms with van der Waals surface area (Å²) in [5.41, 5.74) is 0. The van der Waals surface area contributed by atoms with E-state index in [0.717, 1.165) is 13.2 Å². The van der Waals surface area contributed by atoms with Crippen LogP contribution in [-0.4, -0.2) is 118 Å². The summed E-state index contributed by atoms with van der Waals surface area (Å²) in [5.74, 6) is 2.39. The first-order valence-electron chi connectivity index (χ1n) is 9.39. The number of likely N-dealkylation sites (N-methyl/N-ethyl adjacent to an activating group) is 1. The van der Waals surface area contributed by atoms with Crippen LogP contribution in [0.25, 0.3) is 0 Å². The molecule has 0 aromatic heterocycles. The molecule has 0 saturated carbocycles. The minimum Gasteiger partial charge on any atom is -0.378 e. The van der Waals surface area contributed by atoms with Crippen molar-refractivity contribution in [1.82, 2.24) is 4.90 Å². The summed E-state index contributed by atoms with van der Waals surface area (Å²) in [7, 11) is 4.04. The first kappa shape index (κ1) is 26.2. The van der Waals surface area contributed by atoms with Gasteiger partial charge in [0.05, 0.1) is 85.9 Å². The second-order valence-electron chi connectivity index (χ2n) is 5.73. The number of terminal acetylenes is 1. The molecule has 0 atom stereocenters. The fourth-order valence-corrected chi connectivity index (χ4v) is 1.70. The van der Waals surface area contributed by atoms with E-state index in [-0.39, 0.29) is 0 Å². The van der Waals surface area contributed by atoms with Gasteiger partial charge in [0.2, 0.25) is 0 Å². The minimum absolute atomic E-state index is 0.320. The van der Waals surface area contributed by atoms with Crippen molar-refractivity contribution in [3.8, 4) is 12.3 Å². The molecular weight excluding hydrogens is 354 g/mol. The summed E-state index contributed by atoms with van der Waals surface area (Å²) < 4.78 is 37.4. The van der Waals surface area contributed by atoms with Gasteiger partial charge < -0.3 is 38.1 Å². The van der Waals surface area contributed by atoms with Gasteiger partial charge in [0, 0.05) is 6.54 Å². The van der Waals surface area contributed by atoms with Crippen LogP contribution in [-0.2, 0) is 33.2 Å². The Morgan fingerprint density at radius 2 is 0.815 bits per heavy atom. The highest BCUT2D eigenvalue weighted by Crippen LogP contribution is 1.85. The second-order valence-corrected chi connectivity index (χ2v) is 5.73. The van der Waals surface area contributed by atoms with Crippen LogP contribution in [0.5, 0.6) is 0 Å². The van der Waals surface area contributed by atoms with E-state index in [4.69, 9.17) is 39.6 Å². The van der Waals surface area contributed by atoms with Crippen LogP contribution >= 0.6 is 0 Å². The van der Waals surface area contributed by atoms with Gasteiger partial charge in [-0.25, -0.2) is 0 Å². The maximum atomic E-state index is 5.42. The number of rotatable bonds is 22. The maximum Gasteiger partial charge on any atom is 0.107 e. The minimum atomic E-state index is 0.320. The molecule has 0 amide bonds. The molecule has 8 nitrogen and oxygen atoms in total. The Labute approximate surface area is 164 Å². The van der Waals surface area contributed by atoms with E-state index < -0.39 is 0 Å². The Hall–Kier alpha value is -0.760. The summed E-state index contributed by atoms with van der Waals surface area (Å²) >= 11 is 0. The van der Waals surface area contributed by atoms with Crippen molar-refractivity contribution in [3.63, 3.8) is 0 Å². The molecule has 0 saturated heterocycles. The molecule has 0 aromatic carbocycles. The van der Waals surface area contributed by atoms with Gasteiger partial charge in [-0.3, -0.25) is 0 Å². The van der Waals surface area contributed by atoms with Gasteiger partial charge in [-0.15, -0.1) is 6.42 Å². The highest BCUT2D eigenvalue weighted by molar-refractivity contribution is 4.82. The van der Waals surface area contributed by atoms with Crippen LogP contribution in [0.15, 0.2) is 0 Å². The van der Waals surface area contributed by atoms with E-state index in [1.165, 1.54) is 0 Å². The van der Waals surface area contributed by atoms with Crippen LogP contribution in [0, 0.1) is 12.3 Å². The van der Waals surface area contributed by atoms with Gasteiger partial charge in [0.15, 0.2) is 0 Å². The van der Waals surface area contributed by atoms with Crippen molar-refractivity contribution in [2.45, 2.75) is 0 Å². The quantitative estimate of drug-likeness (QED) is 0.193. The maximum absolute atomic E-state index is 5.42. The molecule has 0 rings (SSSR count). The molecule has 0 heterocycles. The third-order valence-corrected chi connectivity index (χ3v) is 3.10. The van der Waals surface area contributed by atoms with Crippen LogP contribution in [0.2, 0.25) is 0 Å². The predicted octanol–water partition coefficient (Wildman–Crippen LogP) is 0.297. The highest BCUT2D eigenvalue weighted by atomic mass is 16.6. The smallest absolute Gasteiger partial charge is 0.107 e. The molecule has 8 heteroatoms. The highest BCUT2D eigenvalue weighted by Gasteiger charge is 1.95. The Morgan fingerprint density at radius 3 is 1.11 bits per heavy atom. The van der Waals surface area contributed by atoms with Crippen molar-refractivity contribution in [1.29, 1.82) is 0 Å². The van der Waals surface area contributed by atoms with E-state index in [1.807, 2.05) is 14.1 Å². The molecule has 27 heavy (non-hydrogen) atoms. The van der Waals surface area contributed by atoms with E-state index in [1.54, 1.807) is 0 Å². The zero-order valence-electron chi connectivity index (χ0n) is 17.0. The lowest BCUT2D eigenvalue weighted by molar-refractivity contribution is -0.0199. The van der Waals surface area contributed by atoms with Gasteiger partial charge in [0.1, 0.15) is 6.61 Å². The van der Waals surface area contributed by atoms with Crippen molar-refractivity contribution < 1.29 is 33.2 Å². The normalized spacial score (nSPS) is 11.2. The lowest BCUT2D eigenvalue weighted by Crippen LogP contribution is -2.19. The number of nitrogens with zero attached hydrogens (tertiary/aromatic N) is 1. The largest absolute Gasteiger partial charge is 0.378 e.